The Morgan fingerprint density at radius 3 is 2.50 bits per heavy atom. The highest BCUT2D eigenvalue weighted by molar-refractivity contribution is 7.10. The molecular formula is C15H19NOS. The van der Waals surface area contributed by atoms with Crippen LogP contribution in [0, 0.1) is 0 Å². The quantitative estimate of drug-likeness (QED) is 0.872. The highest BCUT2D eigenvalue weighted by Crippen LogP contribution is 2.27. The predicted octanol–water partition coefficient (Wildman–Crippen LogP) is 4.17. The Balaban J connectivity index is 2.09. The van der Waals surface area contributed by atoms with Gasteiger partial charge in [0.2, 0.25) is 0 Å². The van der Waals surface area contributed by atoms with E-state index in [0.717, 1.165) is 5.75 Å². The van der Waals surface area contributed by atoms with Crippen LogP contribution in [0.3, 0.4) is 0 Å². The largest absolute Gasteiger partial charge is 0.496 e. The van der Waals surface area contributed by atoms with Gasteiger partial charge in [-0.2, -0.15) is 0 Å². The SMILES string of the molecule is COc1ccccc1C(C)N[C@H](C)c1cccs1. The van der Waals surface area contributed by atoms with E-state index in [9.17, 15) is 0 Å². The number of hydrogen-bond donors (Lipinski definition) is 1. The van der Waals surface area contributed by atoms with Gasteiger partial charge in [-0.1, -0.05) is 24.3 Å². The minimum atomic E-state index is 0.262. The van der Waals surface area contributed by atoms with Gasteiger partial charge < -0.3 is 10.1 Å². The molecule has 0 aliphatic rings. The fraction of sp³-hybridized carbons (Fsp3) is 0.333. The molecule has 2 atom stereocenters. The Morgan fingerprint density at radius 2 is 1.83 bits per heavy atom. The van der Waals surface area contributed by atoms with Crippen molar-refractivity contribution < 1.29 is 4.74 Å². The molecule has 2 nitrogen and oxygen atoms in total. The van der Waals surface area contributed by atoms with Crippen LogP contribution in [0.1, 0.15) is 36.4 Å². The van der Waals surface area contributed by atoms with Gasteiger partial charge in [-0.15, -0.1) is 11.3 Å². The Labute approximate surface area is 113 Å². The maximum Gasteiger partial charge on any atom is 0.123 e. The van der Waals surface area contributed by atoms with Gasteiger partial charge in [-0.05, 0) is 31.4 Å². The fourth-order valence-electron chi connectivity index (χ4n) is 2.11. The van der Waals surface area contributed by atoms with Crippen molar-refractivity contribution >= 4 is 11.3 Å². The molecule has 2 rings (SSSR count). The zero-order valence-corrected chi connectivity index (χ0v) is 11.8. The zero-order valence-electron chi connectivity index (χ0n) is 11.0. The van der Waals surface area contributed by atoms with Crippen molar-refractivity contribution in [1.29, 1.82) is 0 Å². The van der Waals surface area contributed by atoms with Gasteiger partial charge in [0.05, 0.1) is 7.11 Å². The summed E-state index contributed by atoms with van der Waals surface area (Å²) in [5.41, 5.74) is 1.20. The molecule has 1 N–H and O–H groups in total. The molecule has 18 heavy (non-hydrogen) atoms. The van der Waals surface area contributed by atoms with Crippen molar-refractivity contribution in [3.8, 4) is 5.75 Å². The normalized spacial score (nSPS) is 14.2. The molecule has 0 spiro atoms. The number of methoxy groups -OCH3 is 1. The van der Waals surface area contributed by atoms with Crippen LogP contribution in [0.5, 0.6) is 5.75 Å². The molecule has 0 saturated carbocycles. The van der Waals surface area contributed by atoms with Crippen molar-refractivity contribution in [3.05, 3.63) is 52.2 Å². The van der Waals surface area contributed by atoms with E-state index in [1.165, 1.54) is 10.4 Å². The second-order valence-corrected chi connectivity index (χ2v) is 5.35. The van der Waals surface area contributed by atoms with E-state index in [0.29, 0.717) is 6.04 Å². The Bertz CT molecular complexity index is 481. The third-order valence-corrected chi connectivity index (χ3v) is 4.13. The summed E-state index contributed by atoms with van der Waals surface area (Å²) in [6.45, 7) is 4.36. The first kappa shape index (κ1) is 13.1. The smallest absolute Gasteiger partial charge is 0.123 e. The number of ether oxygens (including phenoxy) is 1. The highest BCUT2D eigenvalue weighted by Gasteiger charge is 2.14. The van der Waals surface area contributed by atoms with E-state index in [-0.39, 0.29) is 6.04 Å². The lowest BCUT2D eigenvalue weighted by atomic mass is 10.1. The molecule has 1 aromatic heterocycles. The summed E-state index contributed by atoms with van der Waals surface area (Å²) < 4.78 is 5.40. The molecule has 0 amide bonds. The number of rotatable bonds is 5. The molecular weight excluding hydrogens is 242 g/mol. The van der Waals surface area contributed by atoms with Gasteiger partial charge in [-0.3, -0.25) is 0 Å². The minimum Gasteiger partial charge on any atom is -0.496 e. The second-order valence-electron chi connectivity index (χ2n) is 4.37. The molecule has 1 aromatic carbocycles. The fourth-order valence-corrected chi connectivity index (χ4v) is 2.85. The van der Waals surface area contributed by atoms with Crippen LogP contribution < -0.4 is 10.1 Å². The lowest BCUT2D eigenvalue weighted by Gasteiger charge is -2.21. The highest BCUT2D eigenvalue weighted by atomic mass is 32.1. The van der Waals surface area contributed by atoms with Crippen LogP contribution >= 0.6 is 11.3 Å². The van der Waals surface area contributed by atoms with E-state index in [1.807, 2.05) is 18.2 Å². The number of benzene rings is 1. The van der Waals surface area contributed by atoms with Crippen LogP contribution in [0.4, 0.5) is 0 Å². The third-order valence-electron chi connectivity index (χ3n) is 3.08. The zero-order chi connectivity index (χ0) is 13.0. The van der Waals surface area contributed by atoms with Crippen molar-refractivity contribution in [2.45, 2.75) is 25.9 Å². The van der Waals surface area contributed by atoms with Crippen molar-refractivity contribution in [2.24, 2.45) is 0 Å². The standard InChI is InChI=1S/C15H19NOS/c1-11(13-7-4-5-8-14(13)17-3)16-12(2)15-9-6-10-18-15/h4-12,16H,1-3H3/t11?,12-/m1/s1. The number of thiophene rings is 1. The molecule has 96 valence electrons. The lowest BCUT2D eigenvalue weighted by molar-refractivity contribution is 0.397. The third kappa shape index (κ3) is 2.92. The van der Waals surface area contributed by atoms with Gasteiger partial charge in [-0.25, -0.2) is 0 Å². The van der Waals surface area contributed by atoms with Gasteiger partial charge >= 0.3 is 0 Å². The molecule has 0 fully saturated rings. The summed E-state index contributed by atoms with van der Waals surface area (Å²) in [6, 6.07) is 13.0. The monoisotopic (exact) mass is 261 g/mol. The Hall–Kier alpha value is -1.32. The molecule has 0 aliphatic carbocycles. The topological polar surface area (TPSA) is 21.3 Å². The van der Waals surface area contributed by atoms with Crippen LogP contribution in [0.2, 0.25) is 0 Å². The predicted molar refractivity (Wildman–Crippen MR) is 77.3 cm³/mol. The molecule has 0 aliphatic heterocycles. The maximum absolute atomic E-state index is 5.40. The van der Waals surface area contributed by atoms with E-state index < -0.39 is 0 Å². The molecule has 0 saturated heterocycles. The van der Waals surface area contributed by atoms with Gasteiger partial charge in [0.25, 0.3) is 0 Å². The van der Waals surface area contributed by atoms with E-state index in [1.54, 1.807) is 18.4 Å². The Kier molecular flexibility index (Phi) is 4.39. The Morgan fingerprint density at radius 1 is 1.06 bits per heavy atom. The van der Waals surface area contributed by atoms with Gasteiger partial charge in [0.15, 0.2) is 0 Å². The molecule has 1 heterocycles. The summed E-state index contributed by atoms with van der Waals surface area (Å²) in [7, 11) is 1.72. The van der Waals surface area contributed by atoms with Gasteiger partial charge in [0, 0.05) is 22.5 Å². The second kappa shape index (κ2) is 6.03. The van der Waals surface area contributed by atoms with E-state index in [2.05, 4.69) is 42.7 Å². The summed E-state index contributed by atoms with van der Waals surface area (Å²) >= 11 is 1.78. The van der Waals surface area contributed by atoms with Crippen molar-refractivity contribution in [3.63, 3.8) is 0 Å². The van der Waals surface area contributed by atoms with E-state index in [4.69, 9.17) is 4.74 Å². The molecule has 1 unspecified atom stereocenters. The number of para-hydroxylation sites is 1. The first-order valence-electron chi connectivity index (χ1n) is 6.14. The molecule has 2 aromatic rings. The minimum absolute atomic E-state index is 0.262. The lowest BCUT2D eigenvalue weighted by Crippen LogP contribution is -2.22. The number of nitrogens with one attached hydrogen (secondary N) is 1. The molecule has 3 heteroatoms. The summed E-state index contributed by atoms with van der Waals surface area (Å²) in [5.74, 6) is 0.941. The average Bonchev–Trinajstić information content (AvgIpc) is 2.92. The first-order valence-corrected chi connectivity index (χ1v) is 7.02. The molecule has 0 bridgehead atoms. The molecule has 0 radical (unpaired) electrons. The van der Waals surface area contributed by atoms with Crippen LogP contribution in [-0.2, 0) is 0 Å². The van der Waals surface area contributed by atoms with Crippen molar-refractivity contribution in [1.82, 2.24) is 5.32 Å². The van der Waals surface area contributed by atoms with Crippen LogP contribution in [-0.4, -0.2) is 7.11 Å². The summed E-state index contributed by atoms with van der Waals surface area (Å²) in [4.78, 5) is 1.36. The number of hydrogen-bond acceptors (Lipinski definition) is 3. The average molecular weight is 261 g/mol. The summed E-state index contributed by atoms with van der Waals surface area (Å²) in [6.07, 6.45) is 0. The van der Waals surface area contributed by atoms with Crippen LogP contribution in [0.15, 0.2) is 41.8 Å². The maximum atomic E-state index is 5.40. The van der Waals surface area contributed by atoms with Gasteiger partial charge in [0.1, 0.15) is 5.75 Å². The summed E-state index contributed by atoms with van der Waals surface area (Å²) in [5, 5.41) is 5.72. The van der Waals surface area contributed by atoms with Crippen molar-refractivity contribution in [2.75, 3.05) is 7.11 Å². The van der Waals surface area contributed by atoms with E-state index >= 15 is 0 Å². The van der Waals surface area contributed by atoms with Crippen LogP contribution in [0.25, 0.3) is 0 Å². The first-order chi connectivity index (χ1) is 8.72.